The molecule has 0 aromatic rings. The van der Waals surface area contributed by atoms with E-state index in [9.17, 15) is 0 Å². The van der Waals surface area contributed by atoms with E-state index in [2.05, 4.69) is 93.7 Å². The molecule has 23 heavy (non-hydrogen) atoms. The molecule has 4 heteroatoms. The molecule has 0 aliphatic heterocycles. The van der Waals surface area contributed by atoms with E-state index in [-0.39, 0.29) is 45.0 Å². The minimum absolute atomic E-state index is 0. The van der Waals surface area contributed by atoms with Gasteiger partial charge in [0, 0.05) is 0 Å². The summed E-state index contributed by atoms with van der Waals surface area (Å²) in [5, 5.41) is 9.08. The van der Waals surface area contributed by atoms with Crippen molar-refractivity contribution in [2.75, 3.05) is 0 Å². The molecule has 0 atom stereocenters. The van der Waals surface area contributed by atoms with Crippen molar-refractivity contribution in [2.24, 2.45) is 0 Å². The fourth-order valence-electron chi connectivity index (χ4n) is 2.01. The largest absolute Gasteiger partial charge is 3.00 e. The second-order valence-electron chi connectivity index (χ2n) is 10.1. The average molecular weight is 374 g/mol. The first-order valence-electron chi connectivity index (χ1n) is 8.34. The van der Waals surface area contributed by atoms with Gasteiger partial charge in [0.05, 0.1) is 0 Å². The standard InChI is InChI=1S/2C8H18N.C3H8N.Co/c2*1-7(2,3)9-8(4,5)6;1-3(2)4;/h2*1-6H3;3-4H,1-2H3;/q3*-1;+3. The number of rotatable bonds is 0. The summed E-state index contributed by atoms with van der Waals surface area (Å²) >= 11 is 0. The molecule has 0 radical (unpaired) electrons. The van der Waals surface area contributed by atoms with Gasteiger partial charge in [-0.1, -0.05) is 96.9 Å². The van der Waals surface area contributed by atoms with Crippen molar-refractivity contribution in [3.8, 4) is 0 Å². The summed E-state index contributed by atoms with van der Waals surface area (Å²) in [6, 6.07) is 0.0833. The van der Waals surface area contributed by atoms with Crippen LogP contribution in [0.3, 0.4) is 0 Å². The quantitative estimate of drug-likeness (QED) is 0.426. The predicted octanol–water partition coefficient (Wildman–Crippen LogP) is 7.36. The van der Waals surface area contributed by atoms with Crippen molar-refractivity contribution in [3.05, 3.63) is 16.4 Å². The summed E-state index contributed by atoms with van der Waals surface area (Å²) in [6.07, 6.45) is 0. The van der Waals surface area contributed by atoms with Crippen LogP contribution in [0.2, 0.25) is 0 Å². The van der Waals surface area contributed by atoms with Crippen molar-refractivity contribution in [1.29, 1.82) is 0 Å². The molecule has 144 valence electrons. The fraction of sp³-hybridized carbons (Fsp3) is 1.00. The SMILES string of the molecule is CC(C)(C)[N-]C(C)(C)C.CC(C)(C)[N-]C(C)(C)C.CC(C)[NH-].[Co+3]. The Labute approximate surface area is 158 Å². The molecule has 0 spiro atoms. The van der Waals surface area contributed by atoms with Crippen LogP contribution < -0.4 is 0 Å². The van der Waals surface area contributed by atoms with Crippen LogP contribution in [-0.4, -0.2) is 28.2 Å². The molecule has 0 rings (SSSR count). The van der Waals surface area contributed by atoms with Crippen molar-refractivity contribution >= 4 is 0 Å². The zero-order chi connectivity index (χ0) is 19.0. The fourth-order valence-corrected chi connectivity index (χ4v) is 2.01. The molecule has 1 N–H and O–H groups in total. The zero-order valence-corrected chi connectivity index (χ0v) is 19.3. The van der Waals surface area contributed by atoms with E-state index in [0.717, 1.165) is 0 Å². The molecule has 0 aromatic carbocycles. The maximum Gasteiger partial charge on any atom is 3.00 e. The van der Waals surface area contributed by atoms with Crippen LogP contribution in [0.15, 0.2) is 0 Å². The summed E-state index contributed by atoms with van der Waals surface area (Å²) in [6.45, 7) is 29.1. The molecule has 0 saturated heterocycles. The van der Waals surface area contributed by atoms with Gasteiger partial charge in [0.15, 0.2) is 0 Å². The third-order valence-electron chi connectivity index (χ3n) is 1.34. The summed E-state index contributed by atoms with van der Waals surface area (Å²) in [5.74, 6) is 0. The molecule has 0 bridgehead atoms. The van der Waals surface area contributed by atoms with E-state index in [4.69, 9.17) is 5.73 Å². The molecule has 0 aliphatic carbocycles. The van der Waals surface area contributed by atoms with Gasteiger partial charge in [0.25, 0.3) is 0 Å². The molecule has 0 unspecified atom stereocenters. The zero-order valence-electron chi connectivity index (χ0n) is 18.3. The Morgan fingerprint density at radius 1 is 0.522 bits per heavy atom. The van der Waals surface area contributed by atoms with Gasteiger partial charge in [-0.25, -0.2) is 0 Å². The third-order valence-corrected chi connectivity index (χ3v) is 1.34. The van der Waals surface area contributed by atoms with Gasteiger partial charge >= 0.3 is 16.8 Å². The Kier molecular flexibility index (Phi) is 16.1. The van der Waals surface area contributed by atoms with Gasteiger partial charge in [-0.2, -0.15) is 0 Å². The Bertz CT molecular complexity index is 208. The average Bonchev–Trinajstić information content (AvgIpc) is 1.84. The van der Waals surface area contributed by atoms with Crippen LogP contribution >= 0.6 is 0 Å². The molecule has 0 aromatic heterocycles. The second kappa shape index (κ2) is 11.9. The van der Waals surface area contributed by atoms with Gasteiger partial charge in [-0.3, -0.25) is 0 Å². The smallest absolute Gasteiger partial charge is 0.675 e. The number of nitrogens with one attached hydrogen (secondary N) is 1. The third kappa shape index (κ3) is 60.6. The Balaban J connectivity index is -0.000000124. The van der Waals surface area contributed by atoms with Gasteiger partial charge in [0.1, 0.15) is 0 Å². The molecular weight excluding hydrogens is 329 g/mol. The Morgan fingerprint density at radius 3 is 0.609 bits per heavy atom. The summed E-state index contributed by atoms with van der Waals surface area (Å²) in [7, 11) is 0. The normalized spacial score (nSPS) is 12.5. The van der Waals surface area contributed by atoms with Gasteiger partial charge in [-0.15, -0.1) is 28.2 Å². The molecule has 0 heterocycles. The van der Waals surface area contributed by atoms with Crippen LogP contribution in [0.1, 0.15) is 96.9 Å². The van der Waals surface area contributed by atoms with E-state index in [1.807, 2.05) is 13.8 Å². The molecular formula is C19H44CoN3. The molecule has 0 fully saturated rings. The van der Waals surface area contributed by atoms with Crippen LogP contribution in [-0.2, 0) is 16.8 Å². The minimum atomic E-state index is 0. The second-order valence-corrected chi connectivity index (χ2v) is 10.1. The molecule has 0 saturated carbocycles. The monoisotopic (exact) mass is 373 g/mol. The summed E-state index contributed by atoms with van der Waals surface area (Å²) < 4.78 is 0. The Hall–Kier alpha value is 0.386. The first-order valence-corrected chi connectivity index (χ1v) is 8.34. The summed E-state index contributed by atoms with van der Waals surface area (Å²) in [5.41, 5.74) is 7.02. The predicted molar refractivity (Wildman–Crippen MR) is 105 cm³/mol. The van der Waals surface area contributed by atoms with Crippen molar-refractivity contribution < 1.29 is 16.8 Å². The first-order chi connectivity index (χ1) is 9.15. The summed E-state index contributed by atoms with van der Waals surface area (Å²) in [4.78, 5) is 0. The van der Waals surface area contributed by atoms with Crippen molar-refractivity contribution in [2.45, 2.75) is 125 Å². The minimum Gasteiger partial charge on any atom is -0.675 e. The van der Waals surface area contributed by atoms with Gasteiger partial charge < -0.3 is 16.4 Å². The number of hydrogen-bond acceptors (Lipinski definition) is 0. The van der Waals surface area contributed by atoms with E-state index in [1.165, 1.54) is 0 Å². The van der Waals surface area contributed by atoms with Crippen molar-refractivity contribution in [3.63, 3.8) is 0 Å². The van der Waals surface area contributed by atoms with Crippen LogP contribution in [0.5, 0.6) is 0 Å². The molecule has 0 aliphatic rings. The molecule has 3 nitrogen and oxygen atoms in total. The van der Waals surface area contributed by atoms with Crippen LogP contribution in [0, 0.1) is 0 Å². The van der Waals surface area contributed by atoms with Gasteiger partial charge in [-0.05, 0) is 0 Å². The van der Waals surface area contributed by atoms with E-state index in [0.29, 0.717) is 0 Å². The van der Waals surface area contributed by atoms with Crippen LogP contribution in [0.25, 0.3) is 16.4 Å². The van der Waals surface area contributed by atoms with Crippen LogP contribution in [0.4, 0.5) is 0 Å². The maximum atomic E-state index is 6.58. The first kappa shape index (κ1) is 31.2. The molecule has 0 amide bonds. The van der Waals surface area contributed by atoms with E-state index in [1.54, 1.807) is 0 Å². The maximum absolute atomic E-state index is 6.58. The topological polar surface area (TPSA) is 52.0 Å². The van der Waals surface area contributed by atoms with E-state index >= 15 is 0 Å². The van der Waals surface area contributed by atoms with Crippen molar-refractivity contribution in [1.82, 2.24) is 0 Å². The van der Waals surface area contributed by atoms with E-state index < -0.39 is 0 Å². The Morgan fingerprint density at radius 2 is 0.609 bits per heavy atom. The number of nitrogens with zero attached hydrogens (tertiary/aromatic N) is 2. The number of hydrogen-bond donors (Lipinski definition) is 0. The van der Waals surface area contributed by atoms with Gasteiger partial charge in [0.2, 0.25) is 0 Å².